The summed E-state index contributed by atoms with van der Waals surface area (Å²) in [6.45, 7) is 3.88. The Morgan fingerprint density at radius 1 is 0.364 bits per heavy atom. The van der Waals surface area contributed by atoms with Crippen LogP contribution in [0.3, 0.4) is 0 Å². The molecule has 1 aliphatic carbocycles. The van der Waals surface area contributed by atoms with Crippen LogP contribution in [0.2, 0.25) is 0 Å². The zero-order valence-electron chi connectivity index (χ0n) is 67.0. The number of allylic oxidation sites excluding steroid dienone is 7. The van der Waals surface area contributed by atoms with Gasteiger partial charge in [-0.05, 0) is 179 Å². The van der Waals surface area contributed by atoms with Crippen LogP contribution in [-0.4, -0.2) is 66.1 Å². The van der Waals surface area contributed by atoms with Crippen molar-refractivity contribution >= 4 is 94.4 Å². The maximum absolute atomic E-state index is 14.4. The van der Waals surface area contributed by atoms with Gasteiger partial charge in [0, 0.05) is 171 Å². The Morgan fingerprint density at radius 3 is 1.22 bits per heavy atom. The molecule has 0 unspecified atom stereocenters. The Labute approximate surface area is 692 Å². The van der Waals surface area contributed by atoms with Crippen LogP contribution in [0.25, 0.3) is 88.4 Å². The average Bonchev–Trinajstić information content (AvgIpc) is 1.65. The van der Waals surface area contributed by atoms with Crippen LogP contribution in [0.1, 0.15) is 107 Å². The number of pyridine rings is 6. The summed E-state index contributed by atoms with van der Waals surface area (Å²) in [5.74, 6) is 1.82. The largest absolute Gasteiger partial charge is 0.337 e. The Hall–Kier alpha value is -13.5. The van der Waals surface area contributed by atoms with Gasteiger partial charge in [0.25, 0.3) is 0 Å². The molecule has 0 atom stereocenters. The smallest absolute Gasteiger partial charge is 0.135 e. The number of fused-ring (bicyclic) bond motifs is 5. The molecule has 0 spiro atoms. The minimum absolute atomic E-state index is 0.201. The number of hydrogen-bond acceptors (Lipinski definition) is 12. The first-order chi connectivity index (χ1) is 57.9. The third-order valence-corrected chi connectivity index (χ3v) is 22.2. The number of nitrogens with zero attached hydrogens (tertiary/aromatic N) is 13. The fraction of sp³-hybridized carbons (Fsp3) is 0.175. The van der Waals surface area contributed by atoms with E-state index in [0.29, 0.717) is 16.8 Å². The van der Waals surface area contributed by atoms with Crippen LogP contribution in [0, 0.1) is 19.7 Å². The van der Waals surface area contributed by atoms with Crippen molar-refractivity contribution < 1.29 is 4.39 Å². The third kappa shape index (κ3) is 20.2. The minimum Gasteiger partial charge on any atom is -0.337 e. The van der Waals surface area contributed by atoms with Crippen LogP contribution in [0.4, 0.5) is 4.39 Å². The lowest BCUT2D eigenvalue weighted by molar-refractivity contribution is 0.621. The normalized spacial score (nSPS) is 13.3. The summed E-state index contributed by atoms with van der Waals surface area (Å²) in [7, 11) is 4.02. The molecule has 0 amide bonds. The number of rotatable bonds is 20. The summed E-state index contributed by atoms with van der Waals surface area (Å²) >= 11 is 1.72. The quantitative estimate of drug-likeness (QED) is 0.0732. The molecule has 0 saturated heterocycles. The number of aryl methyl sites for hydroxylation is 11. The zero-order chi connectivity index (χ0) is 80.4. The summed E-state index contributed by atoms with van der Waals surface area (Å²) in [6, 6.07) is 82.4. The van der Waals surface area contributed by atoms with Gasteiger partial charge in [-0.2, -0.15) is 11.3 Å². The van der Waals surface area contributed by atoms with Crippen molar-refractivity contribution in [3.8, 4) is 22.5 Å². The van der Waals surface area contributed by atoms with Gasteiger partial charge in [0.2, 0.25) is 0 Å². The van der Waals surface area contributed by atoms with Crippen molar-refractivity contribution in [1.82, 2.24) is 49.0 Å². The van der Waals surface area contributed by atoms with Gasteiger partial charge in [-0.15, -0.1) is 0 Å². The summed E-state index contributed by atoms with van der Waals surface area (Å²) in [4.78, 5) is 51.5. The Kier molecular flexibility index (Phi) is 25.1. The first-order valence-electron chi connectivity index (χ1n) is 40.6. The summed E-state index contributed by atoms with van der Waals surface area (Å²) < 4.78 is 18.5. The highest BCUT2D eigenvalue weighted by molar-refractivity contribution is 7.08. The predicted octanol–water partition coefficient (Wildman–Crippen LogP) is 23.9. The molecule has 16 aromatic rings. The number of thiophene rings is 1. The molecule has 0 bridgehead atoms. The van der Waals surface area contributed by atoms with Crippen molar-refractivity contribution in [2.45, 2.75) is 104 Å². The highest BCUT2D eigenvalue weighted by Gasteiger charge is 2.18. The molecule has 12 heterocycles. The molecule has 20 rings (SSSR count). The number of imidazole rings is 2. The van der Waals surface area contributed by atoms with Gasteiger partial charge in [0.1, 0.15) is 17.5 Å². The molecule has 0 fully saturated rings. The number of benzene rings is 7. The summed E-state index contributed by atoms with van der Waals surface area (Å²) in [6.07, 6.45) is 33.8. The SMILES string of the molecule is C1=C(c2ccncc2)N=C(CCc2ccc3ccccc3n2)C1.C1=C(c2ccsc2)N=C(CCc2ccc3ccccc3n2)C1.C1=CCC(C2=CCC(CCc3ccc4ccccc4n3)=N2)=C1.Cc1cccc(-c2cn(C)c(CCc3ccc4ccccc4n3)n2)c1.Cc1cccc(-c2cn(C)c(CCc3ccc4ccccc4n3)n2)c1F. The van der Waals surface area contributed by atoms with Crippen LogP contribution >= 0.6 is 11.3 Å². The van der Waals surface area contributed by atoms with Gasteiger partial charge >= 0.3 is 0 Å². The fourth-order valence-corrected chi connectivity index (χ4v) is 15.6. The van der Waals surface area contributed by atoms with Crippen LogP contribution in [-0.2, 0) is 59.0 Å². The van der Waals surface area contributed by atoms with Crippen molar-refractivity contribution in [3.63, 3.8) is 0 Å². The topological polar surface area (TPSA) is 150 Å². The molecular formula is C103H92FN13S. The summed E-state index contributed by atoms with van der Waals surface area (Å²) in [5, 5.41) is 10.2. The fourth-order valence-electron chi connectivity index (χ4n) is 15.0. The van der Waals surface area contributed by atoms with E-state index in [4.69, 9.17) is 44.9 Å². The van der Waals surface area contributed by atoms with Crippen molar-refractivity contribution in [1.29, 1.82) is 0 Å². The number of para-hydroxylation sites is 5. The molecular weight excluding hydrogens is 1470 g/mol. The van der Waals surface area contributed by atoms with E-state index in [1.165, 1.54) is 66.6 Å². The Morgan fingerprint density at radius 2 is 0.780 bits per heavy atom. The van der Waals surface area contributed by atoms with E-state index < -0.39 is 0 Å². The molecule has 15 heteroatoms. The molecule has 4 aliphatic rings. The van der Waals surface area contributed by atoms with Crippen molar-refractivity contribution in [2.75, 3.05) is 0 Å². The van der Waals surface area contributed by atoms with E-state index in [0.717, 1.165) is 186 Å². The van der Waals surface area contributed by atoms with Crippen LogP contribution < -0.4 is 0 Å². The van der Waals surface area contributed by atoms with Gasteiger partial charge in [-0.3, -0.25) is 44.9 Å². The van der Waals surface area contributed by atoms with Crippen LogP contribution in [0.5, 0.6) is 0 Å². The molecule has 13 nitrogen and oxygen atoms in total. The molecule has 0 N–H and O–H groups in total. The highest BCUT2D eigenvalue weighted by Crippen LogP contribution is 2.31. The molecule has 118 heavy (non-hydrogen) atoms. The minimum atomic E-state index is -0.201. The zero-order valence-corrected chi connectivity index (χ0v) is 67.8. The second-order valence-electron chi connectivity index (χ2n) is 30.1. The first kappa shape index (κ1) is 78.4. The lowest BCUT2D eigenvalue weighted by Crippen LogP contribution is -2.01. The van der Waals surface area contributed by atoms with E-state index in [2.05, 4.69) is 240 Å². The Bertz CT molecular complexity index is 6530. The van der Waals surface area contributed by atoms with E-state index in [1.54, 1.807) is 30.4 Å². The maximum atomic E-state index is 14.4. The van der Waals surface area contributed by atoms with Gasteiger partial charge in [0.15, 0.2) is 0 Å². The van der Waals surface area contributed by atoms with Gasteiger partial charge < -0.3 is 9.13 Å². The molecule has 0 saturated carbocycles. The number of halogens is 1. The molecule has 0 radical (unpaired) electrons. The highest BCUT2D eigenvalue weighted by atomic mass is 32.1. The van der Waals surface area contributed by atoms with Crippen LogP contribution in [0.15, 0.2) is 341 Å². The van der Waals surface area contributed by atoms with E-state index in [9.17, 15) is 4.39 Å². The molecule has 582 valence electrons. The second-order valence-corrected chi connectivity index (χ2v) is 30.9. The molecule has 9 aromatic heterocycles. The first-order valence-corrected chi connectivity index (χ1v) is 41.6. The van der Waals surface area contributed by atoms with Gasteiger partial charge in [-0.1, -0.05) is 194 Å². The van der Waals surface area contributed by atoms with Crippen molar-refractivity contribution in [2.24, 2.45) is 29.1 Å². The second kappa shape index (κ2) is 37.8. The van der Waals surface area contributed by atoms with E-state index in [1.807, 2.05) is 103 Å². The Balaban J connectivity index is 0.000000110. The van der Waals surface area contributed by atoms with Gasteiger partial charge in [-0.25, -0.2) is 14.4 Å². The molecule has 7 aromatic carbocycles. The van der Waals surface area contributed by atoms with E-state index in [-0.39, 0.29) is 5.82 Å². The third-order valence-electron chi connectivity index (χ3n) is 21.5. The standard InChI is InChI=1S/C22H20FN3.C22H21N3.C20H17N3.C20H18N2.C19H16N2S/c1-15-6-5-8-18(22(15)23)20-14-26(2)21(25-20)13-12-17-11-10-16-7-3-4-9-19(16)24-17;1-16-6-5-8-18(14-16)21-15-25(2)22(24-21)13-12-19-11-10-17-7-3-4-9-20(17)23-19;1-2-4-19-15(3-1)5-6-17(22-19)7-8-18-9-10-20(23-18)16-11-13-21-14-12-16;1-2-6-15(5-1)20-14-13-18(22-20)12-11-17-10-9-16-7-3-4-8-19(16)21-17;1-2-4-18-14(3-1)5-6-16(20-18)7-8-17-9-10-19(21-17)15-11-12-22-13-15/h3-11,14H,12-13H2,1-2H3;3-11,14-15H,12-13H2,1-2H3;1-6,10-14H,7-9H2;1-5,7-10,14H,6,11-13H2;1-6,10-13H,7-9H2. The van der Waals surface area contributed by atoms with E-state index >= 15 is 0 Å². The van der Waals surface area contributed by atoms with Crippen molar-refractivity contribution in [3.05, 3.63) is 394 Å². The van der Waals surface area contributed by atoms with Gasteiger partial charge in [0.05, 0.1) is 56.1 Å². The maximum Gasteiger partial charge on any atom is 0.135 e. The number of aromatic nitrogens is 10. The lowest BCUT2D eigenvalue weighted by atomic mass is 10.1. The number of aliphatic imine (C=N–C) groups is 3. The monoisotopic (exact) mass is 1560 g/mol. The predicted molar refractivity (Wildman–Crippen MR) is 486 cm³/mol. The average molecular weight is 1560 g/mol. The lowest BCUT2D eigenvalue weighted by Gasteiger charge is -2.03. The number of hydrogen-bond donors (Lipinski definition) is 0. The molecule has 3 aliphatic heterocycles. The summed E-state index contributed by atoms with van der Waals surface area (Å²) in [5.41, 5.74) is 27.0.